The van der Waals surface area contributed by atoms with Crippen molar-refractivity contribution in [2.45, 2.75) is 5.41 Å². The molecule has 2 aromatic heterocycles. The summed E-state index contributed by atoms with van der Waals surface area (Å²) < 4.78 is 12.2. The van der Waals surface area contributed by atoms with Crippen molar-refractivity contribution in [2.75, 3.05) is 26.4 Å². The maximum atomic E-state index is 9.63. The van der Waals surface area contributed by atoms with Gasteiger partial charge in [-0.05, 0) is 108 Å². The Kier molecular flexibility index (Phi) is 8.17. The van der Waals surface area contributed by atoms with Crippen LogP contribution < -0.4 is 19.9 Å². The van der Waals surface area contributed by atoms with Crippen molar-refractivity contribution in [3.63, 3.8) is 0 Å². The van der Waals surface area contributed by atoms with Crippen LogP contribution in [-0.4, -0.2) is 36.6 Å². The smallest absolute Gasteiger partial charge is 0.128 e. The zero-order valence-electron chi connectivity index (χ0n) is 27.7. The SMILES string of the molecule is OCCOc1ccc(C2(c3ccc(OCCO)c(-c4cccs4)c3)C=CC=c3c2ccc2c3=Cc3c-2ccc2ccccc32)cc1-c1cccs1. The number of hydrogen-bond donors (Lipinski definition) is 2. The molecule has 9 rings (SSSR count). The molecule has 0 radical (unpaired) electrons. The van der Waals surface area contributed by atoms with Crippen LogP contribution in [0.3, 0.4) is 0 Å². The normalized spacial score (nSPS) is 13.6. The molecule has 2 N–H and O–H groups in total. The van der Waals surface area contributed by atoms with Crippen LogP contribution in [0.2, 0.25) is 0 Å². The van der Waals surface area contributed by atoms with Crippen molar-refractivity contribution in [1.29, 1.82) is 0 Å². The molecule has 0 saturated heterocycles. The predicted molar refractivity (Wildman–Crippen MR) is 210 cm³/mol. The van der Waals surface area contributed by atoms with Gasteiger partial charge >= 0.3 is 0 Å². The fraction of sp³-hybridized carbons (Fsp3) is 0.111. The van der Waals surface area contributed by atoms with Crippen LogP contribution in [0.1, 0.15) is 22.3 Å². The maximum absolute atomic E-state index is 9.63. The number of aliphatic hydroxyl groups is 2. The molecule has 0 amide bonds. The number of thiophene rings is 2. The molecular formula is C45H34O4S2. The fourth-order valence-corrected chi connectivity index (χ4v) is 9.29. The van der Waals surface area contributed by atoms with Gasteiger partial charge in [0, 0.05) is 20.9 Å². The van der Waals surface area contributed by atoms with Crippen molar-refractivity contribution >= 4 is 45.6 Å². The first-order valence-electron chi connectivity index (χ1n) is 17.1. The van der Waals surface area contributed by atoms with E-state index in [1.807, 2.05) is 12.1 Å². The van der Waals surface area contributed by atoms with Crippen LogP contribution in [0, 0.1) is 0 Å². The second kappa shape index (κ2) is 13.1. The van der Waals surface area contributed by atoms with E-state index in [4.69, 9.17) is 9.47 Å². The molecule has 0 fully saturated rings. The standard InChI is InChI=1S/C45H34O4S2/c46-20-22-48-41-17-12-30(26-38(41)43-9-4-24-50-43)45(31-13-18-42(49-23-21-47)39(27-31)44-10-5-25-51-44)19-3-8-35-37-28-36-32-7-2-1-6-29(32)11-14-33(36)34(37)15-16-40(35)45/h1-19,24-28,46-47H,20-23H2. The molecule has 2 aliphatic carbocycles. The monoisotopic (exact) mass is 702 g/mol. The third kappa shape index (κ3) is 5.26. The average molecular weight is 703 g/mol. The Morgan fingerprint density at radius 1 is 0.588 bits per heavy atom. The number of fused-ring (bicyclic) bond motifs is 7. The van der Waals surface area contributed by atoms with Crippen LogP contribution in [0.4, 0.5) is 0 Å². The molecule has 0 bridgehead atoms. The van der Waals surface area contributed by atoms with E-state index >= 15 is 0 Å². The maximum Gasteiger partial charge on any atom is 0.128 e. The quantitative estimate of drug-likeness (QED) is 0.150. The highest BCUT2D eigenvalue weighted by Gasteiger charge is 2.38. The zero-order valence-corrected chi connectivity index (χ0v) is 29.3. The number of hydrogen-bond acceptors (Lipinski definition) is 6. The molecule has 4 nitrogen and oxygen atoms in total. The largest absolute Gasteiger partial charge is 0.491 e. The third-order valence-corrected chi connectivity index (χ3v) is 11.8. The second-order valence-electron chi connectivity index (χ2n) is 12.7. The molecule has 250 valence electrons. The van der Waals surface area contributed by atoms with Gasteiger partial charge in [0.15, 0.2) is 0 Å². The lowest BCUT2D eigenvalue weighted by molar-refractivity contribution is 0.202. The summed E-state index contributed by atoms with van der Waals surface area (Å²) in [5, 5.41) is 28.3. The number of aliphatic hydroxyl groups excluding tert-OH is 2. The summed E-state index contributed by atoms with van der Waals surface area (Å²) in [5.41, 5.74) is 8.49. The molecule has 0 atom stereocenters. The number of allylic oxidation sites excluding steroid dienone is 2. The number of ether oxygens (including phenoxy) is 2. The minimum absolute atomic E-state index is 0.0585. The molecule has 2 heterocycles. The molecule has 0 spiro atoms. The Labute approximate surface area is 304 Å². The van der Waals surface area contributed by atoms with Crippen LogP contribution >= 0.6 is 22.7 Å². The van der Waals surface area contributed by atoms with Crippen LogP contribution in [0.15, 0.2) is 132 Å². The molecule has 6 heteroatoms. The highest BCUT2D eigenvalue weighted by molar-refractivity contribution is 7.13. The van der Waals surface area contributed by atoms with Gasteiger partial charge in [-0.2, -0.15) is 0 Å². The minimum Gasteiger partial charge on any atom is -0.491 e. The van der Waals surface area contributed by atoms with E-state index in [1.54, 1.807) is 22.7 Å². The van der Waals surface area contributed by atoms with Crippen molar-refractivity contribution in [2.24, 2.45) is 0 Å². The Hall–Kier alpha value is -5.24. The Morgan fingerprint density at radius 3 is 1.86 bits per heavy atom. The van der Waals surface area contributed by atoms with Crippen LogP contribution in [-0.2, 0) is 5.41 Å². The second-order valence-corrected chi connectivity index (χ2v) is 14.6. The Balaban J connectivity index is 1.33. The van der Waals surface area contributed by atoms with E-state index < -0.39 is 5.41 Å². The molecule has 0 aliphatic heterocycles. The lowest BCUT2D eigenvalue weighted by Crippen LogP contribution is -2.41. The van der Waals surface area contributed by atoms with E-state index in [-0.39, 0.29) is 26.4 Å². The fourth-order valence-electron chi connectivity index (χ4n) is 7.79. The zero-order chi connectivity index (χ0) is 34.4. The van der Waals surface area contributed by atoms with E-state index in [0.29, 0.717) is 0 Å². The summed E-state index contributed by atoms with van der Waals surface area (Å²) >= 11 is 3.34. The molecular weight excluding hydrogens is 669 g/mol. The first kappa shape index (κ1) is 31.7. The van der Waals surface area contributed by atoms with Crippen molar-refractivity contribution in [3.8, 4) is 43.5 Å². The van der Waals surface area contributed by atoms with E-state index in [0.717, 1.165) is 43.5 Å². The summed E-state index contributed by atoms with van der Waals surface area (Å²) in [6.45, 7) is 0.322. The van der Waals surface area contributed by atoms with Gasteiger partial charge in [0.1, 0.15) is 24.7 Å². The van der Waals surface area contributed by atoms with Gasteiger partial charge < -0.3 is 19.7 Å². The Morgan fingerprint density at radius 2 is 1.24 bits per heavy atom. The molecule has 51 heavy (non-hydrogen) atoms. The summed E-state index contributed by atoms with van der Waals surface area (Å²) in [5.74, 6) is 1.49. The predicted octanol–water partition coefficient (Wildman–Crippen LogP) is 8.53. The van der Waals surface area contributed by atoms with Gasteiger partial charge in [0.25, 0.3) is 0 Å². The summed E-state index contributed by atoms with van der Waals surface area (Å²) in [4.78, 5) is 2.20. The van der Waals surface area contributed by atoms with Crippen LogP contribution in [0.5, 0.6) is 11.5 Å². The summed E-state index contributed by atoms with van der Waals surface area (Å²) in [6.07, 6.45) is 9.16. The molecule has 7 aromatic rings. The van der Waals surface area contributed by atoms with E-state index in [1.165, 1.54) is 43.5 Å². The van der Waals surface area contributed by atoms with E-state index in [2.05, 4.69) is 132 Å². The third-order valence-electron chi connectivity index (χ3n) is 10.0. The molecule has 0 unspecified atom stereocenters. The lowest BCUT2D eigenvalue weighted by Gasteiger charge is -2.36. The van der Waals surface area contributed by atoms with Crippen LogP contribution in [0.25, 0.3) is 54.9 Å². The summed E-state index contributed by atoms with van der Waals surface area (Å²) in [6, 6.07) is 39.0. The first-order chi connectivity index (χ1) is 25.2. The van der Waals surface area contributed by atoms with Crippen molar-refractivity contribution in [3.05, 3.63) is 165 Å². The molecule has 2 aliphatic rings. The summed E-state index contributed by atoms with van der Waals surface area (Å²) in [7, 11) is 0. The highest BCUT2D eigenvalue weighted by Crippen LogP contribution is 2.47. The highest BCUT2D eigenvalue weighted by atomic mass is 32.1. The average Bonchev–Trinajstić information content (AvgIpc) is 3.98. The topological polar surface area (TPSA) is 58.9 Å². The lowest BCUT2D eigenvalue weighted by atomic mass is 9.66. The van der Waals surface area contributed by atoms with Gasteiger partial charge in [-0.3, -0.25) is 0 Å². The van der Waals surface area contributed by atoms with Crippen molar-refractivity contribution < 1.29 is 19.7 Å². The minimum atomic E-state index is -0.674. The number of benzene rings is 5. The van der Waals surface area contributed by atoms with Gasteiger partial charge in [0.05, 0.1) is 18.6 Å². The molecule has 5 aromatic carbocycles. The Bertz CT molecular complexity index is 2470. The number of rotatable bonds is 10. The van der Waals surface area contributed by atoms with Crippen molar-refractivity contribution in [1.82, 2.24) is 0 Å². The van der Waals surface area contributed by atoms with Gasteiger partial charge in [-0.15, -0.1) is 22.7 Å². The molecule has 0 saturated carbocycles. The first-order valence-corrected chi connectivity index (χ1v) is 18.9. The van der Waals surface area contributed by atoms with Gasteiger partial charge in [-0.25, -0.2) is 0 Å². The van der Waals surface area contributed by atoms with E-state index in [9.17, 15) is 10.2 Å². The van der Waals surface area contributed by atoms with Gasteiger partial charge in [0.2, 0.25) is 0 Å². The van der Waals surface area contributed by atoms with Gasteiger partial charge in [-0.1, -0.05) is 91.0 Å².